The van der Waals surface area contributed by atoms with E-state index in [4.69, 9.17) is 5.73 Å². The van der Waals surface area contributed by atoms with Crippen LogP contribution < -0.4 is 5.73 Å². The quantitative estimate of drug-likeness (QED) is 0.669. The third kappa shape index (κ3) is 1.78. The third-order valence-corrected chi connectivity index (χ3v) is 7.58. The molecule has 116 valence electrons. The van der Waals surface area contributed by atoms with E-state index in [-0.39, 0.29) is 11.5 Å². The number of aliphatic hydroxyl groups excluding tert-OH is 1. The summed E-state index contributed by atoms with van der Waals surface area (Å²) in [6.45, 7) is 4.86. The first kappa shape index (κ1) is 14.0. The molecule has 6 atom stereocenters. The predicted molar refractivity (Wildman–Crippen MR) is 85.7 cm³/mol. The van der Waals surface area contributed by atoms with Crippen LogP contribution in [0, 0.1) is 22.7 Å². The molecule has 0 saturated heterocycles. The Balaban J connectivity index is 1.78. The highest BCUT2D eigenvalue weighted by atomic mass is 16.3. The van der Waals surface area contributed by atoms with E-state index in [1.54, 1.807) is 11.1 Å². The molecule has 0 aromatic heterocycles. The summed E-state index contributed by atoms with van der Waals surface area (Å²) in [5, 5.41) is 9.97. The van der Waals surface area contributed by atoms with Crippen LogP contribution in [0.5, 0.6) is 0 Å². The normalized spacial score (nSPS) is 52.4. The number of hydrogen-bond acceptors (Lipinski definition) is 2. The fourth-order valence-corrected chi connectivity index (χ4v) is 6.06. The fourth-order valence-electron chi connectivity index (χ4n) is 6.06. The molecule has 0 radical (unpaired) electrons. The van der Waals surface area contributed by atoms with Gasteiger partial charge in [-0.15, -0.1) is 0 Å². The van der Waals surface area contributed by atoms with Crippen molar-refractivity contribution in [3.63, 3.8) is 0 Å². The zero-order valence-electron chi connectivity index (χ0n) is 13.4. The second-order valence-corrected chi connectivity index (χ2v) is 8.43. The SMILES string of the molecule is C[C@]12C=CC(O)CC1CCC1=C2CC[C@]2(C)C(N)CC[C@@H]12. The van der Waals surface area contributed by atoms with Gasteiger partial charge in [0.15, 0.2) is 0 Å². The highest BCUT2D eigenvalue weighted by molar-refractivity contribution is 5.38. The van der Waals surface area contributed by atoms with Gasteiger partial charge in [-0.2, -0.15) is 0 Å². The summed E-state index contributed by atoms with van der Waals surface area (Å²) in [5.41, 5.74) is 10.5. The van der Waals surface area contributed by atoms with Gasteiger partial charge in [0, 0.05) is 11.5 Å². The highest BCUT2D eigenvalue weighted by Gasteiger charge is 2.53. The summed E-state index contributed by atoms with van der Waals surface area (Å²) in [7, 11) is 0. The molecule has 2 nitrogen and oxygen atoms in total. The van der Waals surface area contributed by atoms with Crippen molar-refractivity contribution in [2.45, 2.75) is 70.9 Å². The van der Waals surface area contributed by atoms with Gasteiger partial charge < -0.3 is 10.8 Å². The number of fused-ring (bicyclic) bond motifs is 4. The van der Waals surface area contributed by atoms with Gasteiger partial charge in [0.05, 0.1) is 6.10 Å². The third-order valence-electron chi connectivity index (χ3n) is 7.58. The van der Waals surface area contributed by atoms with E-state index in [0.29, 0.717) is 17.4 Å². The Morgan fingerprint density at radius 1 is 1.19 bits per heavy atom. The molecule has 0 aromatic rings. The van der Waals surface area contributed by atoms with E-state index in [1.807, 2.05) is 6.08 Å². The van der Waals surface area contributed by atoms with Crippen molar-refractivity contribution in [2.75, 3.05) is 0 Å². The molecule has 0 aromatic carbocycles. The Kier molecular flexibility index (Phi) is 2.97. The van der Waals surface area contributed by atoms with Crippen LogP contribution in [0.3, 0.4) is 0 Å². The van der Waals surface area contributed by atoms with Crippen LogP contribution in [0.1, 0.15) is 58.8 Å². The first-order chi connectivity index (χ1) is 9.95. The number of aliphatic hydroxyl groups is 1. The van der Waals surface area contributed by atoms with Crippen molar-refractivity contribution in [1.29, 1.82) is 0 Å². The van der Waals surface area contributed by atoms with Crippen molar-refractivity contribution in [1.82, 2.24) is 0 Å². The molecule has 1 fully saturated rings. The first-order valence-electron chi connectivity index (χ1n) is 8.80. The van der Waals surface area contributed by atoms with Gasteiger partial charge in [0.1, 0.15) is 0 Å². The maximum absolute atomic E-state index is 9.97. The van der Waals surface area contributed by atoms with Crippen LogP contribution in [0.15, 0.2) is 23.3 Å². The van der Waals surface area contributed by atoms with Crippen molar-refractivity contribution in [3.8, 4) is 0 Å². The van der Waals surface area contributed by atoms with Crippen molar-refractivity contribution >= 4 is 0 Å². The summed E-state index contributed by atoms with van der Waals surface area (Å²) in [6.07, 6.45) is 12.6. The van der Waals surface area contributed by atoms with Gasteiger partial charge in [-0.1, -0.05) is 37.1 Å². The average molecular weight is 287 g/mol. The lowest BCUT2D eigenvalue weighted by Gasteiger charge is -2.52. The molecule has 4 aliphatic rings. The van der Waals surface area contributed by atoms with Gasteiger partial charge in [-0.3, -0.25) is 0 Å². The molecule has 0 bridgehead atoms. The van der Waals surface area contributed by atoms with E-state index < -0.39 is 0 Å². The molecule has 0 amide bonds. The average Bonchev–Trinajstić information content (AvgIpc) is 2.76. The summed E-state index contributed by atoms with van der Waals surface area (Å²) in [5.74, 6) is 1.37. The van der Waals surface area contributed by atoms with Crippen LogP contribution in [0.2, 0.25) is 0 Å². The van der Waals surface area contributed by atoms with Crippen molar-refractivity contribution < 1.29 is 5.11 Å². The molecule has 3 unspecified atom stereocenters. The number of rotatable bonds is 0. The van der Waals surface area contributed by atoms with E-state index >= 15 is 0 Å². The van der Waals surface area contributed by atoms with Gasteiger partial charge in [-0.05, 0) is 62.2 Å². The molecular weight excluding hydrogens is 258 g/mol. The molecule has 2 heteroatoms. The molecule has 4 rings (SSSR count). The monoisotopic (exact) mass is 287 g/mol. The Morgan fingerprint density at radius 2 is 2.00 bits per heavy atom. The lowest BCUT2D eigenvalue weighted by atomic mass is 9.53. The molecule has 0 heterocycles. The van der Waals surface area contributed by atoms with Crippen molar-refractivity contribution in [2.24, 2.45) is 28.4 Å². The van der Waals surface area contributed by atoms with E-state index in [1.165, 1.54) is 38.5 Å². The lowest BCUT2D eigenvalue weighted by molar-refractivity contribution is 0.102. The number of allylic oxidation sites excluding steroid dienone is 3. The topological polar surface area (TPSA) is 46.2 Å². The summed E-state index contributed by atoms with van der Waals surface area (Å²) < 4.78 is 0. The van der Waals surface area contributed by atoms with Gasteiger partial charge in [0.25, 0.3) is 0 Å². The fraction of sp³-hybridized carbons (Fsp3) is 0.789. The molecule has 21 heavy (non-hydrogen) atoms. The Labute approximate surface area is 128 Å². The van der Waals surface area contributed by atoms with Gasteiger partial charge in [-0.25, -0.2) is 0 Å². The Hall–Kier alpha value is -0.600. The van der Waals surface area contributed by atoms with Crippen LogP contribution in [0.4, 0.5) is 0 Å². The smallest absolute Gasteiger partial charge is 0.0724 e. The zero-order chi connectivity index (χ0) is 14.8. The maximum atomic E-state index is 9.97. The minimum atomic E-state index is -0.223. The zero-order valence-corrected chi connectivity index (χ0v) is 13.4. The second kappa shape index (κ2) is 4.45. The largest absolute Gasteiger partial charge is 0.389 e. The van der Waals surface area contributed by atoms with E-state index in [0.717, 1.165) is 12.3 Å². The minimum Gasteiger partial charge on any atom is -0.389 e. The summed E-state index contributed by atoms with van der Waals surface area (Å²) >= 11 is 0. The molecule has 3 N–H and O–H groups in total. The summed E-state index contributed by atoms with van der Waals surface area (Å²) in [4.78, 5) is 0. The summed E-state index contributed by atoms with van der Waals surface area (Å²) in [6, 6.07) is 0.394. The van der Waals surface area contributed by atoms with E-state index in [9.17, 15) is 5.11 Å². The van der Waals surface area contributed by atoms with Gasteiger partial charge in [0.2, 0.25) is 0 Å². The first-order valence-corrected chi connectivity index (χ1v) is 8.80. The van der Waals surface area contributed by atoms with Gasteiger partial charge >= 0.3 is 0 Å². The molecule has 0 aliphatic heterocycles. The number of nitrogens with two attached hydrogens (primary N) is 1. The van der Waals surface area contributed by atoms with E-state index in [2.05, 4.69) is 19.9 Å². The van der Waals surface area contributed by atoms with Crippen LogP contribution in [-0.4, -0.2) is 17.3 Å². The maximum Gasteiger partial charge on any atom is 0.0724 e. The molecule has 1 saturated carbocycles. The lowest BCUT2D eigenvalue weighted by Crippen LogP contribution is -2.46. The van der Waals surface area contributed by atoms with Crippen LogP contribution in [0.25, 0.3) is 0 Å². The molecular formula is C19H29NO. The van der Waals surface area contributed by atoms with Crippen LogP contribution in [-0.2, 0) is 0 Å². The Bertz CT molecular complexity index is 522. The molecule has 4 aliphatic carbocycles. The highest BCUT2D eigenvalue weighted by Crippen LogP contribution is 2.61. The van der Waals surface area contributed by atoms with Crippen LogP contribution >= 0.6 is 0 Å². The molecule has 0 spiro atoms. The minimum absolute atomic E-state index is 0.209. The van der Waals surface area contributed by atoms with Crippen molar-refractivity contribution in [3.05, 3.63) is 23.3 Å². The standard InChI is InChI=1S/C19H29NO/c1-18-9-7-13(21)11-12(18)3-4-14-15-5-6-17(20)19(15,2)10-8-16(14)18/h7,9,12-13,15,17,21H,3-6,8,10-11,20H2,1-2H3/t12?,13?,15-,17?,18-,19-/m0/s1. The second-order valence-electron chi connectivity index (χ2n) is 8.43. The Morgan fingerprint density at radius 3 is 2.81 bits per heavy atom. The number of hydrogen-bond donors (Lipinski definition) is 2. The predicted octanol–water partition coefficient (Wildman–Crippen LogP) is 3.56.